The second kappa shape index (κ2) is 6.22. The van der Waals surface area contributed by atoms with Crippen LogP contribution in [0.2, 0.25) is 0 Å². The summed E-state index contributed by atoms with van der Waals surface area (Å²) in [4.78, 5) is 11.4. The number of nitrogens with zero attached hydrogens (tertiary/aromatic N) is 3. The van der Waals surface area contributed by atoms with Crippen molar-refractivity contribution in [1.82, 2.24) is 9.97 Å². The first-order chi connectivity index (χ1) is 9.10. The van der Waals surface area contributed by atoms with Gasteiger partial charge in [-0.05, 0) is 45.4 Å². The summed E-state index contributed by atoms with van der Waals surface area (Å²) in [5.74, 6) is 2.67. The lowest BCUT2D eigenvalue weighted by Crippen LogP contribution is -2.35. The minimum atomic E-state index is 0.625. The summed E-state index contributed by atoms with van der Waals surface area (Å²) in [7, 11) is 2.16. The monoisotopic (exact) mass is 262 g/mol. The van der Waals surface area contributed by atoms with Gasteiger partial charge in [0, 0.05) is 31.4 Å². The Kier molecular flexibility index (Phi) is 4.61. The number of aryl methyl sites for hydroxylation is 1. The molecule has 1 heterocycles. The van der Waals surface area contributed by atoms with Crippen LogP contribution in [0, 0.1) is 12.8 Å². The molecule has 0 radical (unpaired) electrons. The molecule has 1 N–H and O–H groups in total. The minimum absolute atomic E-state index is 0.625. The van der Waals surface area contributed by atoms with E-state index in [1.165, 1.54) is 25.7 Å². The van der Waals surface area contributed by atoms with E-state index in [0.29, 0.717) is 6.04 Å². The van der Waals surface area contributed by atoms with Crippen molar-refractivity contribution in [2.45, 2.75) is 52.5 Å². The fraction of sp³-hybridized carbons (Fsp3) is 0.733. The van der Waals surface area contributed by atoms with Gasteiger partial charge in [0.1, 0.15) is 5.82 Å². The van der Waals surface area contributed by atoms with Crippen molar-refractivity contribution in [3.8, 4) is 0 Å². The molecule has 0 amide bonds. The summed E-state index contributed by atoms with van der Waals surface area (Å²) in [6.07, 6.45) is 5.22. The van der Waals surface area contributed by atoms with Crippen LogP contribution in [-0.4, -0.2) is 29.6 Å². The lowest BCUT2D eigenvalue weighted by atomic mass is 9.87. The lowest BCUT2D eigenvalue weighted by molar-refractivity contribution is 0.340. The Morgan fingerprint density at radius 3 is 2.58 bits per heavy atom. The first-order valence-corrected chi connectivity index (χ1v) is 7.42. The van der Waals surface area contributed by atoms with Crippen LogP contribution in [0.25, 0.3) is 0 Å². The Labute approximate surface area is 116 Å². The number of anilines is 2. The van der Waals surface area contributed by atoms with E-state index in [9.17, 15) is 0 Å². The normalized spacial score (nSPS) is 23.2. The third-order valence-corrected chi connectivity index (χ3v) is 4.07. The molecule has 1 aromatic rings. The van der Waals surface area contributed by atoms with Gasteiger partial charge in [0.05, 0.1) is 0 Å². The van der Waals surface area contributed by atoms with Crippen LogP contribution in [-0.2, 0) is 0 Å². The summed E-state index contributed by atoms with van der Waals surface area (Å²) < 4.78 is 0. The van der Waals surface area contributed by atoms with Crippen molar-refractivity contribution in [3.63, 3.8) is 0 Å². The second-order valence-electron chi connectivity index (χ2n) is 5.75. The van der Waals surface area contributed by atoms with E-state index in [1.807, 2.05) is 6.92 Å². The lowest BCUT2D eigenvalue weighted by Gasteiger charge is -2.34. The number of hydrogen-bond donors (Lipinski definition) is 1. The molecule has 4 heteroatoms. The zero-order chi connectivity index (χ0) is 13.8. The molecule has 4 nitrogen and oxygen atoms in total. The van der Waals surface area contributed by atoms with Crippen LogP contribution < -0.4 is 10.2 Å². The van der Waals surface area contributed by atoms with Gasteiger partial charge < -0.3 is 10.2 Å². The zero-order valence-electron chi connectivity index (χ0n) is 12.6. The highest BCUT2D eigenvalue weighted by Crippen LogP contribution is 2.29. The van der Waals surface area contributed by atoms with Gasteiger partial charge in [0.2, 0.25) is 5.95 Å². The Hall–Kier alpha value is -1.32. The van der Waals surface area contributed by atoms with E-state index in [1.54, 1.807) is 0 Å². The van der Waals surface area contributed by atoms with Crippen molar-refractivity contribution in [2.75, 3.05) is 23.8 Å². The molecule has 1 aliphatic rings. The SMILES string of the molecule is CCNc1nc(C)cc(N(C)C2CCC(C)CC2)n1. The van der Waals surface area contributed by atoms with Gasteiger partial charge in [-0.3, -0.25) is 0 Å². The molecule has 0 aromatic carbocycles. The third kappa shape index (κ3) is 3.58. The van der Waals surface area contributed by atoms with Crippen LogP contribution in [0.3, 0.4) is 0 Å². The fourth-order valence-electron chi connectivity index (χ4n) is 2.79. The molecule has 106 valence electrons. The van der Waals surface area contributed by atoms with Gasteiger partial charge in [-0.2, -0.15) is 4.98 Å². The fourth-order valence-corrected chi connectivity index (χ4v) is 2.79. The highest BCUT2D eigenvalue weighted by atomic mass is 15.2. The van der Waals surface area contributed by atoms with Crippen LogP contribution >= 0.6 is 0 Å². The van der Waals surface area contributed by atoms with Gasteiger partial charge in [0.15, 0.2) is 0 Å². The molecule has 1 aromatic heterocycles. The van der Waals surface area contributed by atoms with Gasteiger partial charge in [-0.25, -0.2) is 4.98 Å². The molecule has 1 aliphatic carbocycles. The predicted molar refractivity (Wildman–Crippen MR) is 80.8 cm³/mol. The van der Waals surface area contributed by atoms with Crippen molar-refractivity contribution < 1.29 is 0 Å². The molecule has 0 unspecified atom stereocenters. The molecule has 0 atom stereocenters. The van der Waals surface area contributed by atoms with Crippen LogP contribution in [0.15, 0.2) is 6.07 Å². The average Bonchev–Trinajstić information content (AvgIpc) is 2.38. The summed E-state index contributed by atoms with van der Waals surface area (Å²) in [5.41, 5.74) is 1.02. The van der Waals surface area contributed by atoms with Gasteiger partial charge >= 0.3 is 0 Å². The Bertz CT molecular complexity index is 411. The number of aromatic nitrogens is 2. The minimum Gasteiger partial charge on any atom is -0.357 e. The summed E-state index contributed by atoms with van der Waals surface area (Å²) in [5, 5.41) is 3.20. The van der Waals surface area contributed by atoms with Crippen LogP contribution in [0.4, 0.5) is 11.8 Å². The van der Waals surface area contributed by atoms with Crippen molar-refractivity contribution in [1.29, 1.82) is 0 Å². The molecule has 0 spiro atoms. The van der Waals surface area contributed by atoms with E-state index < -0.39 is 0 Å². The number of rotatable bonds is 4. The van der Waals surface area contributed by atoms with Crippen molar-refractivity contribution in [2.24, 2.45) is 5.92 Å². The number of hydrogen-bond acceptors (Lipinski definition) is 4. The largest absolute Gasteiger partial charge is 0.357 e. The standard InChI is InChI=1S/C15H26N4/c1-5-16-15-17-12(3)10-14(18-15)19(4)13-8-6-11(2)7-9-13/h10-11,13H,5-9H2,1-4H3,(H,16,17,18). The van der Waals surface area contributed by atoms with E-state index in [4.69, 9.17) is 0 Å². The van der Waals surface area contributed by atoms with Gasteiger partial charge in [-0.1, -0.05) is 6.92 Å². The summed E-state index contributed by atoms with van der Waals surface area (Å²) >= 11 is 0. The maximum absolute atomic E-state index is 4.62. The van der Waals surface area contributed by atoms with E-state index >= 15 is 0 Å². The Morgan fingerprint density at radius 1 is 1.26 bits per heavy atom. The van der Waals surface area contributed by atoms with Crippen LogP contribution in [0.5, 0.6) is 0 Å². The van der Waals surface area contributed by atoms with Gasteiger partial charge in [0.25, 0.3) is 0 Å². The average molecular weight is 262 g/mol. The molecule has 0 saturated heterocycles. The topological polar surface area (TPSA) is 41.1 Å². The maximum Gasteiger partial charge on any atom is 0.224 e. The molecule has 2 rings (SSSR count). The first kappa shape index (κ1) is 14.1. The molecular weight excluding hydrogens is 236 g/mol. The Balaban J connectivity index is 2.11. The highest BCUT2D eigenvalue weighted by molar-refractivity contribution is 5.45. The van der Waals surface area contributed by atoms with Gasteiger partial charge in [-0.15, -0.1) is 0 Å². The molecule has 19 heavy (non-hydrogen) atoms. The second-order valence-corrected chi connectivity index (χ2v) is 5.75. The highest BCUT2D eigenvalue weighted by Gasteiger charge is 2.23. The summed E-state index contributed by atoms with van der Waals surface area (Å²) in [6, 6.07) is 2.71. The van der Waals surface area contributed by atoms with E-state index in [-0.39, 0.29) is 0 Å². The molecule has 1 saturated carbocycles. The quantitative estimate of drug-likeness (QED) is 0.904. The molecule has 0 bridgehead atoms. The van der Waals surface area contributed by atoms with Crippen molar-refractivity contribution in [3.05, 3.63) is 11.8 Å². The Morgan fingerprint density at radius 2 is 1.95 bits per heavy atom. The van der Waals surface area contributed by atoms with E-state index in [2.05, 4.69) is 47.1 Å². The summed E-state index contributed by atoms with van der Waals surface area (Å²) in [6.45, 7) is 7.31. The first-order valence-electron chi connectivity index (χ1n) is 7.42. The van der Waals surface area contributed by atoms with Crippen LogP contribution in [0.1, 0.15) is 45.2 Å². The molecule has 0 aliphatic heterocycles. The molecular formula is C15H26N4. The predicted octanol–water partition coefficient (Wildman–Crippen LogP) is 3.23. The third-order valence-electron chi connectivity index (χ3n) is 4.07. The number of nitrogens with one attached hydrogen (secondary N) is 1. The molecule has 1 fully saturated rings. The smallest absolute Gasteiger partial charge is 0.224 e. The maximum atomic E-state index is 4.62. The van der Waals surface area contributed by atoms with Crippen molar-refractivity contribution >= 4 is 11.8 Å². The van der Waals surface area contributed by atoms with E-state index in [0.717, 1.165) is 29.9 Å². The zero-order valence-corrected chi connectivity index (χ0v) is 12.6.